The van der Waals surface area contributed by atoms with Crippen LogP contribution >= 0.6 is 0 Å². The van der Waals surface area contributed by atoms with Crippen molar-refractivity contribution in [2.45, 2.75) is 13.0 Å². The van der Waals surface area contributed by atoms with Gasteiger partial charge in [0.05, 0.1) is 7.11 Å². The first-order valence-corrected chi connectivity index (χ1v) is 3.10. The molecule has 1 unspecified atom stereocenters. The zero-order valence-electron chi connectivity index (χ0n) is 6.50. The van der Waals surface area contributed by atoms with Crippen molar-refractivity contribution < 1.29 is 14.6 Å². The topological polar surface area (TPSA) is 46.5 Å². The highest BCUT2D eigenvalue weighted by molar-refractivity contribution is 5.82. The van der Waals surface area contributed by atoms with Crippen molar-refractivity contribution >= 4 is 5.97 Å². The Kier molecular flexibility index (Phi) is 4.87. The van der Waals surface area contributed by atoms with Crippen molar-refractivity contribution in [3.63, 3.8) is 0 Å². The third kappa shape index (κ3) is 6.62. The maximum Gasteiger partial charge on any atom is 0.331 e. The van der Waals surface area contributed by atoms with Gasteiger partial charge in [-0.3, -0.25) is 0 Å². The number of rotatable bonds is 1. The molecule has 0 saturated carbocycles. The molecule has 3 heteroatoms. The van der Waals surface area contributed by atoms with Gasteiger partial charge in [-0.15, -0.1) is 0 Å². The Labute approximate surface area is 65.7 Å². The van der Waals surface area contributed by atoms with Gasteiger partial charge >= 0.3 is 5.97 Å². The zero-order chi connectivity index (χ0) is 8.69. The van der Waals surface area contributed by atoms with Crippen molar-refractivity contribution in [1.82, 2.24) is 0 Å². The van der Waals surface area contributed by atoms with Gasteiger partial charge < -0.3 is 9.84 Å². The second-order valence-electron chi connectivity index (χ2n) is 1.82. The first kappa shape index (κ1) is 9.73. The van der Waals surface area contributed by atoms with Gasteiger partial charge in [0, 0.05) is 6.08 Å². The highest BCUT2D eigenvalue weighted by Gasteiger charge is 1.86. The second-order valence-corrected chi connectivity index (χ2v) is 1.82. The fourth-order valence-electron chi connectivity index (χ4n) is 0.346. The van der Waals surface area contributed by atoms with E-state index >= 15 is 0 Å². The van der Waals surface area contributed by atoms with Gasteiger partial charge in [0.15, 0.2) is 0 Å². The molecular formula is C8H10O3. The van der Waals surface area contributed by atoms with E-state index in [1.165, 1.54) is 19.3 Å². The van der Waals surface area contributed by atoms with Gasteiger partial charge in [0.25, 0.3) is 0 Å². The normalized spacial score (nSPS) is 11.9. The Morgan fingerprint density at radius 2 is 2.36 bits per heavy atom. The summed E-state index contributed by atoms with van der Waals surface area (Å²) in [6.45, 7) is 1.54. The molecule has 0 spiro atoms. The number of hydrogen-bond donors (Lipinski definition) is 1. The minimum atomic E-state index is -0.669. The number of hydrogen-bond acceptors (Lipinski definition) is 3. The van der Waals surface area contributed by atoms with E-state index in [9.17, 15) is 4.79 Å². The quantitative estimate of drug-likeness (QED) is 0.331. The third-order valence-corrected chi connectivity index (χ3v) is 0.796. The largest absolute Gasteiger partial charge is 0.466 e. The summed E-state index contributed by atoms with van der Waals surface area (Å²) in [5.74, 6) is 4.45. The molecule has 0 aromatic heterocycles. The van der Waals surface area contributed by atoms with E-state index in [1.807, 2.05) is 0 Å². The van der Waals surface area contributed by atoms with Crippen molar-refractivity contribution in [1.29, 1.82) is 0 Å². The van der Waals surface area contributed by atoms with Crippen molar-refractivity contribution in [2.75, 3.05) is 7.11 Å². The molecular weight excluding hydrogens is 144 g/mol. The van der Waals surface area contributed by atoms with Crippen LogP contribution in [0.3, 0.4) is 0 Å². The van der Waals surface area contributed by atoms with Crippen LogP contribution in [-0.2, 0) is 9.53 Å². The maximum absolute atomic E-state index is 10.4. The van der Waals surface area contributed by atoms with Crippen LogP contribution < -0.4 is 0 Å². The monoisotopic (exact) mass is 154 g/mol. The molecule has 0 fully saturated rings. The molecule has 3 nitrogen and oxygen atoms in total. The van der Waals surface area contributed by atoms with Gasteiger partial charge in [-0.05, 0) is 13.0 Å². The summed E-state index contributed by atoms with van der Waals surface area (Å²) in [5, 5.41) is 8.65. The van der Waals surface area contributed by atoms with Crippen LogP contribution in [0.1, 0.15) is 6.92 Å². The fourth-order valence-corrected chi connectivity index (χ4v) is 0.346. The molecule has 0 heterocycles. The molecule has 0 bridgehead atoms. The smallest absolute Gasteiger partial charge is 0.331 e. The Bertz CT molecular complexity index is 205. The van der Waals surface area contributed by atoms with E-state index in [0.717, 1.165) is 0 Å². The Morgan fingerprint density at radius 3 is 2.82 bits per heavy atom. The molecule has 1 atom stereocenters. The van der Waals surface area contributed by atoms with E-state index in [2.05, 4.69) is 16.6 Å². The lowest BCUT2D eigenvalue weighted by Gasteiger charge is -1.86. The van der Waals surface area contributed by atoms with Crippen LogP contribution in [0, 0.1) is 11.8 Å². The predicted octanol–water partition coefficient (Wildman–Crippen LogP) is 0.0998. The third-order valence-electron chi connectivity index (χ3n) is 0.796. The Hall–Kier alpha value is -1.27. The molecule has 1 N–H and O–H groups in total. The first-order chi connectivity index (χ1) is 5.16. The standard InChI is InChI=1S/C8H10O3/c1-7(9)5-3-4-6-8(10)11-2/h4,6-7,9H,1-2H3/b6-4+. The Morgan fingerprint density at radius 1 is 1.73 bits per heavy atom. The highest BCUT2D eigenvalue weighted by atomic mass is 16.5. The number of allylic oxidation sites excluding steroid dienone is 1. The average Bonchev–Trinajstić information content (AvgIpc) is 1.97. The van der Waals surface area contributed by atoms with E-state index in [1.54, 1.807) is 6.92 Å². The number of aliphatic hydroxyl groups excluding tert-OH is 1. The van der Waals surface area contributed by atoms with Gasteiger partial charge in [-0.1, -0.05) is 11.8 Å². The Balaban J connectivity index is 3.80. The molecule has 0 amide bonds. The van der Waals surface area contributed by atoms with E-state index < -0.39 is 12.1 Å². The minimum absolute atomic E-state index is 0.454. The van der Waals surface area contributed by atoms with Gasteiger partial charge in [-0.25, -0.2) is 4.79 Å². The lowest BCUT2D eigenvalue weighted by molar-refractivity contribution is -0.134. The molecule has 0 aromatic carbocycles. The number of aliphatic hydroxyl groups is 1. The van der Waals surface area contributed by atoms with Crippen LogP contribution in [0.5, 0.6) is 0 Å². The van der Waals surface area contributed by atoms with Gasteiger partial charge in [-0.2, -0.15) is 0 Å². The van der Waals surface area contributed by atoms with Crippen LogP contribution in [0.2, 0.25) is 0 Å². The molecule has 0 aliphatic heterocycles. The SMILES string of the molecule is COC(=O)/C=C/C#CC(C)O. The van der Waals surface area contributed by atoms with Crippen molar-refractivity contribution in [3.05, 3.63) is 12.2 Å². The lowest BCUT2D eigenvalue weighted by atomic mass is 10.4. The zero-order valence-corrected chi connectivity index (χ0v) is 6.50. The number of carbonyl (C=O) groups is 1. The number of ether oxygens (including phenoxy) is 1. The second kappa shape index (κ2) is 5.51. The molecule has 11 heavy (non-hydrogen) atoms. The van der Waals surface area contributed by atoms with Crippen molar-refractivity contribution in [3.8, 4) is 11.8 Å². The molecule has 60 valence electrons. The summed E-state index contributed by atoms with van der Waals surface area (Å²) in [5.41, 5.74) is 0. The summed E-state index contributed by atoms with van der Waals surface area (Å²) in [6.07, 6.45) is 1.85. The molecule has 0 aromatic rings. The average molecular weight is 154 g/mol. The van der Waals surface area contributed by atoms with E-state index in [4.69, 9.17) is 5.11 Å². The number of methoxy groups -OCH3 is 1. The first-order valence-electron chi connectivity index (χ1n) is 3.10. The highest BCUT2D eigenvalue weighted by Crippen LogP contribution is 1.77. The molecule has 0 aliphatic rings. The molecule has 0 saturated heterocycles. The summed E-state index contributed by atoms with van der Waals surface area (Å²) in [7, 11) is 1.29. The molecule has 0 radical (unpaired) electrons. The number of carbonyl (C=O) groups excluding carboxylic acids is 1. The van der Waals surface area contributed by atoms with Crippen LogP contribution in [0.4, 0.5) is 0 Å². The summed E-state index contributed by atoms with van der Waals surface area (Å²) in [6, 6.07) is 0. The summed E-state index contributed by atoms with van der Waals surface area (Å²) < 4.78 is 4.30. The van der Waals surface area contributed by atoms with Crippen LogP contribution in [0.25, 0.3) is 0 Å². The van der Waals surface area contributed by atoms with Gasteiger partial charge in [0.2, 0.25) is 0 Å². The summed E-state index contributed by atoms with van der Waals surface area (Å²) in [4.78, 5) is 10.4. The maximum atomic E-state index is 10.4. The van der Waals surface area contributed by atoms with Crippen LogP contribution in [-0.4, -0.2) is 24.3 Å². The van der Waals surface area contributed by atoms with Gasteiger partial charge in [0.1, 0.15) is 6.10 Å². The predicted molar refractivity (Wildman–Crippen MR) is 40.6 cm³/mol. The lowest BCUT2D eigenvalue weighted by Crippen LogP contribution is -1.94. The summed E-state index contributed by atoms with van der Waals surface area (Å²) >= 11 is 0. The molecule has 0 rings (SSSR count). The molecule has 0 aliphatic carbocycles. The minimum Gasteiger partial charge on any atom is -0.466 e. The number of esters is 1. The van der Waals surface area contributed by atoms with Crippen molar-refractivity contribution in [2.24, 2.45) is 0 Å². The fraction of sp³-hybridized carbons (Fsp3) is 0.375. The van der Waals surface area contributed by atoms with E-state index in [0.29, 0.717) is 0 Å². The van der Waals surface area contributed by atoms with E-state index in [-0.39, 0.29) is 0 Å². The van der Waals surface area contributed by atoms with Crippen LogP contribution in [0.15, 0.2) is 12.2 Å².